The normalized spacial score (nSPS) is 12.3. The number of benzene rings is 1. The molecule has 0 bridgehead atoms. The standard InChI is InChI=1S/C10H15N.ClH/c1-8(2)10(11)9-6-4-3-5-7-9;/h3-8,10H,11H2,1-2H3;1H/t10-;/m1./s1. The molecule has 0 unspecified atom stereocenters. The fraction of sp³-hybridized carbons (Fsp3) is 0.400. The molecule has 2 heteroatoms. The summed E-state index contributed by atoms with van der Waals surface area (Å²) in [6, 6.07) is 10.4. The first-order valence-electron chi connectivity index (χ1n) is 4.02. The number of rotatable bonds is 2. The van der Waals surface area contributed by atoms with Crippen LogP contribution in [0.5, 0.6) is 0 Å². The molecule has 68 valence electrons. The second-order valence-electron chi connectivity index (χ2n) is 3.18. The van der Waals surface area contributed by atoms with E-state index in [9.17, 15) is 0 Å². The molecule has 0 aliphatic rings. The van der Waals surface area contributed by atoms with Crippen LogP contribution in [-0.4, -0.2) is 0 Å². The second kappa shape index (κ2) is 5.18. The molecule has 0 aromatic heterocycles. The SMILES string of the molecule is CC(C)[C@@H](N)c1ccccc1.Cl. The van der Waals surface area contributed by atoms with E-state index in [1.165, 1.54) is 5.56 Å². The van der Waals surface area contributed by atoms with Crippen LogP contribution in [0.3, 0.4) is 0 Å². The van der Waals surface area contributed by atoms with Crippen molar-refractivity contribution in [2.75, 3.05) is 0 Å². The predicted molar refractivity (Wildman–Crippen MR) is 55.5 cm³/mol. The predicted octanol–water partition coefficient (Wildman–Crippen LogP) is 2.76. The molecule has 1 aromatic carbocycles. The largest absolute Gasteiger partial charge is 0.324 e. The fourth-order valence-corrected chi connectivity index (χ4v) is 1.06. The van der Waals surface area contributed by atoms with Gasteiger partial charge in [0.1, 0.15) is 0 Å². The van der Waals surface area contributed by atoms with E-state index in [1.54, 1.807) is 0 Å². The quantitative estimate of drug-likeness (QED) is 0.754. The van der Waals surface area contributed by atoms with Gasteiger partial charge in [-0.3, -0.25) is 0 Å². The second-order valence-corrected chi connectivity index (χ2v) is 3.18. The van der Waals surface area contributed by atoms with E-state index in [1.807, 2.05) is 18.2 Å². The van der Waals surface area contributed by atoms with Crippen LogP contribution in [0, 0.1) is 5.92 Å². The van der Waals surface area contributed by atoms with E-state index < -0.39 is 0 Å². The van der Waals surface area contributed by atoms with Crippen LogP contribution in [0.15, 0.2) is 30.3 Å². The zero-order valence-corrected chi connectivity index (χ0v) is 8.34. The van der Waals surface area contributed by atoms with E-state index >= 15 is 0 Å². The Balaban J connectivity index is 0.00000121. The van der Waals surface area contributed by atoms with Crippen LogP contribution in [0.1, 0.15) is 25.5 Å². The van der Waals surface area contributed by atoms with Gasteiger partial charge in [0.05, 0.1) is 0 Å². The first-order chi connectivity index (χ1) is 5.22. The van der Waals surface area contributed by atoms with Crippen molar-refractivity contribution in [2.45, 2.75) is 19.9 Å². The van der Waals surface area contributed by atoms with Gasteiger partial charge in [0.2, 0.25) is 0 Å². The van der Waals surface area contributed by atoms with Crippen LogP contribution in [-0.2, 0) is 0 Å². The highest BCUT2D eigenvalue weighted by Crippen LogP contribution is 2.17. The molecular weight excluding hydrogens is 170 g/mol. The average molecular weight is 186 g/mol. The Bertz CT molecular complexity index is 208. The Morgan fingerprint density at radius 2 is 1.58 bits per heavy atom. The van der Waals surface area contributed by atoms with Gasteiger partial charge in [0, 0.05) is 6.04 Å². The molecule has 0 fully saturated rings. The summed E-state index contributed by atoms with van der Waals surface area (Å²) in [4.78, 5) is 0. The van der Waals surface area contributed by atoms with Gasteiger partial charge in [-0.1, -0.05) is 44.2 Å². The van der Waals surface area contributed by atoms with E-state index in [2.05, 4.69) is 26.0 Å². The summed E-state index contributed by atoms with van der Waals surface area (Å²) in [6.45, 7) is 4.27. The third-order valence-electron chi connectivity index (χ3n) is 1.90. The molecule has 1 rings (SSSR count). The summed E-state index contributed by atoms with van der Waals surface area (Å²) in [5, 5.41) is 0. The topological polar surface area (TPSA) is 26.0 Å². The maximum Gasteiger partial charge on any atom is 0.0318 e. The minimum Gasteiger partial charge on any atom is -0.324 e. The molecule has 2 N–H and O–H groups in total. The van der Waals surface area contributed by atoms with E-state index in [0.29, 0.717) is 5.92 Å². The van der Waals surface area contributed by atoms with E-state index in [4.69, 9.17) is 5.73 Å². The number of hydrogen-bond acceptors (Lipinski definition) is 1. The molecule has 1 atom stereocenters. The van der Waals surface area contributed by atoms with Gasteiger partial charge in [-0.25, -0.2) is 0 Å². The zero-order valence-electron chi connectivity index (χ0n) is 7.53. The molecule has 12 heavy (non-hydrogen) atoms. The third-order valence-corrected chi connectivity index (χ3v) is 1.90. The van der Waals surface area contributed by atoms with Crippen LogP contribution >= 0.6 is 12.4 Å². The van der Waals surface area contributed by atoms with Crippen molar-refractivity contribution >= 4 is 12.4 Å². The van der Waals surface area contributed by atoms with Gasteiger partial charge < -0.3 is 5.73 Å². The lowest BCUT2D eigenvalue weighted by Crippen LogP contribution is -2.16. The molecule has 0 saturated heterocycles. The molecule has 0 aliphatic carbocycles. The van der Waals surface area contributed by atoms with Crippen molar-refractivity contribution in [1.82, 2.24) is 0 Å². The molecule has 0 radical (unpaired) electrons. The zero-order chi connectivity index (χ0) is 8.27. The van der Waals surface area contributed by atoms with Crippen molar-refractivity contribution in [3.63, 3.8) is 0 Å². The van der Waals surface area contributed by atoms with Crippen LogP contribution in [0.25, 0.3) is 0 Å². The number of hydrogen-bond donors (Lipinski definition) is 1. The van der Waals surface area contributed by atoms with Gasteiger partial charge in [0.15, 0.2) is 0 Å². The summed E-state index contributed by atoms with van der Waals surface area (Å²) in [7, 11) is 0. The van der Waals surface area contributed by atoms with Gasteiger partial charge in [-0.05, 0) is 11.5 Å². The Morgan fingerprint density at radius 1 is 1.08 bits per heavy atom. The van der Waals surface area contributed by atoms with Crippen LogP contribution < -0.4 is 5.73 Å². The van der Waals surface area contributed by atoms with Crippen molar-refractivity contribution in [3.05, 3.63) is 35.9 Å². The first-order valence-corrected chi connectivity index (χ1v) is 4.02. The smallest absolute Gasteiger partial charge is 0.0318 e. The Kier molecular flexibility index (Phi) is 4.95. The Labute approximate surface area is 80.4 Å². The summed E-state index contributed by atoms with van der Waals surface area (Å²) in [6.07, 6.45) is 0. The fourth-order valence-electron chi connectivity index (χ4n) is 1.06. The minimum absolute atomic E-state index is 0. The molecule has 0 heterocycles. The van der Waals surface area contributed by atoms with Crippen LogP contribution in [0.4, 0.5) is 0 Å². The van der Waals surface area contributed by atoms with E-state index in [-0.39, 0.29) is 18.4 Å². The highest BCUT2D eigenvalue weighted by atomic mass is 35.5. The van der Waals surface area contributed by atoms with Gasteiger partial charge in [-0.15, -0.1) is 12.4 Å². The maximum atomic E-state index is 5.94. The number of nitrogens with two attached hydrogens (primary N) is 1. The summed E-state index contributed by atoms with van der Waals surface area (Å²) >= 11 is 0. The average Bonchev–Trinajstić information content (AvgIpc) is 2.05. The van der Waals surface area contributed by atoms with E-state index in [0.717, 1.165) is 0 Å². The van der Waals surface area contributed by atoms with Gasteiger partial charge in [-0.2, -0.15) is 0 Å². The lowest BCUT2D eigenvalue weighted by Gasteiger charge is -2.15. The molecule has 1 aromatic rings. The minimum atomic E-state index is 0. The molecular formula is C10H16ClN. The Hall–Kier alpha value is -0.530. The molecule has 0 saturated carbocycles. The molecule has 0 aliphatic heterocycles. The third kappa shape index (κ3) is 2.84. The molecule has 1 nitrogen and oxygen atoms in total. The maximum absolute atomic E-state index is 5.94. The lowest BCUT2D eigenvalue weighted by molar-refractivity contribution is 0.514. The monoisotopic (exact) mass is 185 g/mol. The molecule has 0 amide bonds. The first kappa shape index (κ1) is 11.5. The van der Waals surface area contributed by atoms with Crippen LogP contribution in [0.2, 0.25) is 0 Å². The summed E-state index contributed by atoms with van der Waals surface area (Å²) in [5.41, 5.74) is 7.16. The number of halogens is 1. The highest BCUT2D eigenvalue weighted by Gasteiger charge is 2.08. The van der Waals surface area contributed by atoms with Crippen molar-refractivity contribution in [3.8, 4) is 0 Å². The van der Waals surface area contributed by atoms with Crippen molar-refractivity contribution in [1.29, 1.82) is 0 Å². The summed E-state index contributed by atoms with van der Waals surface area (Å²) in [5.74, 6) is 0.511. The van der Waals surface area contributed by atoms with Gasteiger partial charge >= 0.3 is 0 Å². The lowest BCUT2D eigenvalue weighted by atomic mass is 9.97. The van der Waals surface area contributed by atoms with Crippen molar-refractivity contribution in [2.24, 2.45) is 11.7 Å². The van der Waals surface area contributed by atoms with Gasteiger partial charge in [0.25, 0.3) is 0 Å². The molecule has 0 spiro atoms. The van der Waals surface area contributed by atoms with Crippen molar-refractivity contribution < 1.29 is 0 Å². The Morgan fingerprint density at radius 3 is 2.00 bits per heavy atom. The highest BCUT2D eigenvalue weighted by molar-refractivity contribution is 5.85. The summed E-state index contributed by atoms with van der Waals surface area (Å²) < 4.78 is 0.